The minimum absolute atomic E-state index is 0.247. The van der Waals surface area contributed by atoms with Gasteiger partial charge in [0.25, 0.3) is 0 Å². The van der Waals surface area contributed by atoms with Crippen molar-refractivity contribution in [3.8, 4) is 0 Å². The van der Waals surface area contributed by atoms with E-state index < -0.39 is 14.8 Å². The first-order valence-corrected chi connectivity index (χ1v) is 11.4. The van der Waals surface area contributed by atoms with E-state index in [1.165, 1.54) is 6.07 Å². The molecule has 0 saturated carbocycles. The summed E-state index contributed by atoms with van der Waals surface area (Å²) in [7, 11) is -3.70. The number of thiazole rings is 1. The average Bonchev–Trinajstić information content (AvgIpc) is 3.11. The largest absolute Gasteiger partial charge is 0.362 e. The Morgan fingerprint density at radius 2 is 1.71 bits per heavy atom. The normalized spacial score (nSPS) is 15.2. The molecule has 0 aliphatic carbocycles. The van der Waals surface area contributed by atoms with Crippen LogP contribution in [0, 0.1) is 10.1 Å². The molecule has 1 saturated heterocycles. The maximum absolute atomic E-state index is 12.0. The number of benzene rings is 2. The van der Waals surface area contributed by atoms with Crippen molar-refractivity contribution in [1.82, 2.24) is 4.98 Å². The van der Waals surface area contributed by atoms with Crippen molar-refractivity contribution in [3.05, 3.63) is 52.6 Å². The number of sulfone groups is 1. The van der Waals surface area contributed by atoms with E-state index in [1.807, 2.05) is 29.2 Å². The van der Waals surface area contributed by atoms with E-state index in [-0.39, 0.29) is 10.6 Å². The molecule has 146 valence electrons. The van der Waals surface area contributed by atoms with Crippen LogP contribution in [-0.2, 0) is 9.84 Å². The quantitative estimate of drug-likeness (QED) is 0.475. The van der Waals surface area contributed by atoms with E-state index in [9.17, 15) is 18.5 Å². The lowest BCUT2D eigenvalue weighted by atomic mass is 10.2. The Hall–Kier alpha value is -2.72. The summed E-state index contributed by atoms with van der Waals surface area (Å²) in [5.41, 5.74) is 0.955. The first-order chi connectivity index (χ1) is 13.3. The Morgan fingerprint density at radius 3 is 2.36 bits per heavy atom. The molecule has 0 N–H and O–H groups in total. The zero-order valence-corrected chi connectivity index (χ0v) is 16.7. The summed E-state index contributed by atoms with van der Waals surface area (Å²) in [6, 6.07) is 12.4. The average molecular weight is 419 g/mol. The Balaban J connectivity index is 1.59. The van der Waals surface area contributed by atoms with Crippen molar-refractivity contribution in [1.29, 1.82) is 0 Å². The molecule has 8 nitrogen and oxygen atoms in total. The molecule has 2 aromatic carbocycles. The molecule has 0 bridgehead atoms. The lowest BCUT2D eigenvalue weighted by Gasteiger charge is -2.35. The van der Waals surface area contributed by atoms with Gasteiger partial charge in [0.15, 0.2) is 15.0 Å². The van der Waals surface area contributed by atoms with Crippen LogP contribution in [0.2, 0.25) is 0 Å². The fraction of sp³-hybridized carbons (Fsp3) is 0.278. The molecule has 1 aliphatic heterocycles. The Kier molecular flexibility index (Phi) is 4.68. The molecule has 0 amide bonds. The van der Waals surface area contributed by atoms with Gasteiger partial charge in [0.05, 0.1) is 15.1 Å². The highest BCUT2D eigenvalue weighted by molar-refractivity contribution is 7.90. The lowest BCUT2D eigenvalue weighted by Crippen LogP contribution is -2.46. The number of hydrogen-bond donors (Lipinski definition) is 0. The first kappa shape index (κ1) is 18.6. The third-order valence-corrected chi connectivity index (χ3v) is 6.96. The van der Waals surface area contributed by atoms with Gasteiger partial charge in [-0.15, -0.1) is 0 Å². The van der Waals surface area contributed by atoms with E-state index in [4.69, 9.17) is 0 Å². The Labute approximate surface area is 166 Å². The summed E-state index contributed by atoms with van der Waals surface area (Å²) in [4.78, 5) is 19.5. The van der Waals surface area contributed by atoms with Crippen molar-refractivity contribution < 1.29 is 13.3 Å². The number of nitro benzene ring substituents is 1. The number of aromatic nitrogens is 1. The van der Waals surface area contributed by atoms with Crippen LogP contribution >= 0.6 is 11.3 Å². The Bertz CT molecular complexity index is 1120. The van der Waals surface area contributed by atoms with Gasteiger partial charge in [-0.3, -0.25) is 10.1 Å². The maximum atomic E-state index is 12.0. The zero-order chi connectivity index (χ0) is 19.9. The number of nitrogens with zero attached hydrogens (tertiary/aromatic N) is 4. The molecule has 1 aliphatic rings. The highest BCUT2D eigenvalue weighted by atomic mass is 32.2. The summed E-state index contributed by atoms with van der Waals surface area (Å²) in [5.74, 6) is 0. The molecule has 10 heteroatoms. The number of hydrogen-bond acceptors (Lipinski definition) is 8. The molecule has 28 heavy (non-hydrogen) atoms. The second-order valence-corrected chi connectivity index (χ2v) is 9.58. The summed E-state index contributed by atoms with van der Waals surface area (Å²) in [6.45, 7) is 2.40. The van der Waals surface area contributed by atoms with Crippen molar-refractivity contribution in [3.63, 3.8) is 0 Å². The molecule has 0 unspecified atom stereocenters. The molecular formula is C18H18N4O4S2. The molecule has 4 rings (SSSR count). The second-order valence-electron chi connectivity index (χ2n) is 6.59. The number of fused-ring (bicyclic) bond motifs is 1. The van der Waals surface area contributed by atoms with Crippen LogP contribution < -0.4 is 9.80 Å². The van der Waals surface area contributed by atoms with E-state index >= 15 is 0 Å². The minimum Gasteiger partial charge on any atom is -0.362 e. The molecule has 0 spiro atoms. The standard InChI is InChI=1S/C18H18N4O4S2/c1-28(25,26)16-8-4-6-14(17(16)22(23)24)20-9-11-21(12-10-20)18-19-13-5-2-3-7-15(13)27-18/h2-8H,9-12H2,1H3. The van der Waals surface area contributed by atoms with E-state index in [1.54, 1.807) is 23.5 Å². The first-order valence-electron chi connectivity index (χ1n) is 8.67. The Morgan fingerprint density at radius 1 is 1.04 bits per heavy atom. The molecule has 3 aromatic rings. The monoisotopic (exact) mass is 418 g/mol. The summed E-state index contributed by atoms with van der Waals surface area (Å²) in [6.07, 6.45) is 0.990. The van der Waals surface area contributed by atoms with Crippen LogP contribution in [0.4, 0.5) is 16.5 Å². The minimum atomic E-state index is -3.70. The number of nitro groups is 1. The fourth-order valence-corrected chi connectivity index (χ4v) is 5.26. The van der Waals surface area contributed by atoms with Gasteiger partial charge < -0.3 is 9.80 Å². The van der Waals surface area contributed by atoms with Crippen molar-refractivity contribution in [2.45, 2.75) is 4.90 Å². The van der Waals surface area contributed by atoms with Gasteiger partial charge in [0.2, 0.25) is 0 Å². The van der Waals surface area contributed by atoms with Crippen molar-refractivity contribution >= 4 is 47.9 Å². The molecule has 0 radical (unpaired) electrons. The number of para-hydroxylation sites is 2. The second kappa shape index (κ2) is 7.02. The van der Waals surface area contributed by atoms with E-state index in [0.717, 1.165) is 21.6 Å². The lowest BCUT2D eigenvalue weighted by molar-refractivity contribution is -0.387. The van der Waals surface area contributed by atoms with Crippen LogP contribution in [0.15, 0.2) is 47.4 Å². The van der Waals surface area contributed by atoms with Crippen LogP contribution in [0.25, 0.3) is 10.2 Å². The van der Waals surface area contributed by atoms with Crippen LogP contribution in [0.1, 0.15) is 0 Å². The number of anilines is 2. The molecule has 2 heterocycles. The highest BCUT2D eigenvalue weighted by Gasteiger charge is 2.30. The molecule has 1 aromatic heterocycles. The topological polar surface area (TPSA) is 96.7 Å². The molecule has 0 atom stereocenters. The SMILES string of the molecule is CS(=O)(=O)c1cccc(N2CCN(c3nc4ccccc4s3)CC2)c1[N+](=O)[O-]. The summed E-state index contributed by atoms with van der Waals surface area (Å²) < 4.78 is 25.1. The van der Waals surface area contributed by atoms with E-state index in [0.29, 0.717) is 31.9 Å². The van der Waals surface area contributed by atoms with Gasteiger partial charge in [-0.25, -0.2) is 13.4 Å². The van der Waals surface area contributed by atoms with Gasteiger partial charge in [-0.2, -0.15) is 0 Å². The predicted octanol–water partition coefficient (Wildman–Crippen LogP) is 2.93. The maximum Gasteiger partial charge on any atom is 0.311 e. The van der Waals surface area contributed by atoms with Gasteiger partial charge in [-0.05, 0) is 24.3 Å². The van der Waals surface area contributed by atoms with Crippen LogP contribution in [0.5, 0.6) is 0 Å². The number of rotatable bonds is 4. The smallest absolute Gasteiger partial charge is 0.311 e. The predicted molar refractivity (Wildman–Crippen MR) is 110 cm³/mol. The summed E-state index contributed by atoms with van der Waals surface area (Å²) in [5, 5.41) is 12.5. The summed E-state index contributed by atoms with van der Waals surface area (Å²) >= 11 is 1.62. The third kappa shape index (κ3) is 3.40. The van der Waals surface area contributed by atoms with Gasteiger partial charge in [0.1, 0.15) is 10.6 Å². The van der Waals surface area contributed by atoms with Gasteiger partial charge >= 0.3 is 5.69 Å². The third-order valence-electron chi connectivity index (χ3n) is 4.73. The van der Waals surface area contributed by atoms with E-state index in [2.05, 4.69) is 9.88 Å². The number of piperazine rings is 1. The van der Waals surface area contributed by atoms with Gasteiger partial charge in [-0.1, -0.05) is 29.5 Å². The molecular weight excluding hydrogens is 400 g/mol. The highest BCUT2D eigenvalue weighted by Crippen LogP contribution is 2.36. The van der Waals surface area contributed by atoms with Crippen LogP contribution in [-0.4, -0.2) is 50.8 Å². The molecule has 1 fully saturated rings. The van der Waals surface area contributed by atoms with Crippen molar-refractivity contribution in [2.75, 3.05) is 42.2 Å². The fourth-order valence-electron chi connectivity index (χ4n) is 3.38. The van der Waals surface area contributed by atoms with Gasteiger partial charge in [0, 0.05) is 32.4 Å². The van der Waals surface area contributed by atoms with Crippen molar-refractivity contribution in [2.24, 2.45) is 0 Å². The van der Waals surface area contributed by atoms with Crippen LogP contribution in [0.3, 0.4) is 0 Å². The zero-order valence-electron chi connectivity index (χ0n) is 15.1.